The van der Waals surface area contributed by atoms with Gasteiger partial charge in [0.25, 0.3) is 5.91 Å². The Labute approximate surface area is 205 Å². The van der Waals surface area contributed by atoms with Crippen molar-refractivity contribution in [3.05, 3.63) is 53.9 Å². The second-order valence-corrected chi connectivity index (χ2v) is 11.2. The Morgan fingerprint density at radius 1 is 1.20 bits per heavy atom. The second kappa shape index (κ2) is 9.43. The monoisotopic (exact) mass is 498 g/mol. The highest BCUT2D eigenvalue weighted by Crippen LogP contribution is 2.32. The Morgan fingerprint density at radius 2 is 1.91 bits per heavy atom. The van der Waals surface area contributed by atoms with Crippen molar-refractivity contribution in [2.75, 3.05) is 19.0 Å². The molecule has 1 amide bonds. The molecule has 10 heteroatoms. The maximum absolute atomic E-state index is 13.0. The first-order valence-electron chi connectivity index (χ1n) is 11.5. The van der Waals surface area contributed by atoms with Crippen molar-refractivity contribution in [3.8, 4) is 0 Å². The van der Waals surface area contributed by atoms with Gasteiger partial charge in [0, 0.05) is 39.3 Å². The van der Waals surface area contributed by atoms with Crippen molar-refractivity contribution in [1.82, 2.24) is 13.9 Å². The molecule has 0 spiro atoms. The zero-order valence-corrected chi connectivity index (χ0v) is 21.4. The standard InChI is InChI=1S/C25H30N4O5S/c1-16-14-18-8-6-7-9-21(18)29(16)25(31)17(2)34-24(30)13-12-23-26-20-15-19(35(32,33)27(3)4)10-11-22(20)28(23)5/h6-11,15-17H,12-14H2,1-5H3/t16-,17+/m1/s1. The zero-order valence-electron chi connectivity index (χ0n) is 20.6. The van der Waals surface area contributed by atoms with E-state index in [0.29, 0.717) is 17.8 Å². The molecular formula is C25H30N4O5S. The molecule has 1 aliphatic rings. The smallest absolute Gasteiger partial charge is 0.307 e. The average Bonchev–Trinajstić information content (AvgIpc) is 3.32. The van der Waals surface area contributed by atoms with Gasteiger partial charge in [-0.1, -0.05) is 18.2 Å². The number of hydrogen-bond donors (Lipinski definition) is 0. The van der Waals surface area contributed by atoms with Crippen LogP contribution in [0.4, 0.5) is 5.69 Å². The first-order valence-corrected chi connectivity index (χ1v) is 12.9. The SMILES string of the molecule is C[C@H](OC(=O)CCc1nc2cc(S(=O)(=O)N(C)C)ccc2n1C)C(=O)N1c2ccccc2C[C@H]1C. The fraction of sp³-hybridized carbons (Fsp3) is 0.400. The van der Waals surface area contributed by atoms with Gasteiger partial charge in [0.05, 0.1) is 22.3 Å². The number of fused-ring (bicyclic) bond motifs is 2. The summed E-state index contributed by atoms with van der Waals surface area (Å²) in [6, 6.07) is 12.5. The summed E-state index contributed by atoms with van der Waals surface area (Å²) in [6.07, 6.45) is 0.204. The van der Waals surface area contributed by atoms with Gasteiger partial charge in [-0.05, 0) is 50.1 Å². The van der Waals surface area contributed by atoms with E-state index in [1.54, 1.807) is 24.0 Å². The van der Waals surface area contributed by atoms with Crippen LogP contribution in [0.5, 0.6) is 0 Å². The van der Waals surface area contributed by atoms with E-state index < -0.39 is 22.1 Å². The van der Waals surface area contributed by atoms with Gasteiger partial charge in [-0.2, -0.15) is 0 Å². The van der Waals surface area contributed by atoms with Gasteiger partial charge in [0.15, 0.2) is 6.10 Å². The Hall–Kier alpha value is -3.24. The summed E-state index contributed by atoms with van der Waals surface area (Å²) >= 11 is 0. The summed E-state index contributed by atoms with van der Waals surface area (Å²) in [7, 11) is 1.19. The lowest BCUT2D eigenvalue weighted by atomic mass is 10.1. The number of para-hydroxylation sites is 1. The first-order chi connectivity index (χ1) is 16.5. The highest BCUT2D eigenvalue weighted by atomic mass is 32.2. The fourth-order valence-electron chi connectivity index (χ4n) is 4.44. The van der Waals surface area contributed by atoms with Gasteiger partial charge in [0.1, 0.15) is 5.82 Å². The molecule has 0 saturated carbocycles. The number of aryl methyl sites for hydroxylation is 2. The van der Waals surface area contributed by atoms with Crippen molar-refractivity contribution in [3.63, 3.8) is 0 Å². The van der Waals surface area contributed by atoms with Crippen LogP contribution in [0.2, 0.25) is 0 Å². The van der Waals surface area contributed by atoms with E-state index >= 15 is 0 Å². The fourth-order valence-corrected chi connectivity index (χ4v) is 5.36. The zero-order chi connectivity index (χ0) is 25.5. The van der Waals surface area contributed by atoms with Gasteiger partial charge in [-0.25, -0.2) is 17.7 Å². The topological polar surface area (TPSA) is 102 Å². The predicted molar refractivity (Wildman–Crippen MR) is 133 cm³/mol. The van der Waals surface area contributed by atoms with Gasteiger partial charge in [0.2, 0.25) is 10.0 Å². The van der Waals surface area contributed by atoms with E-state index in [4.69, 9.17) is 4.74 Å². The molecule has 0 N–H and O–H groups in total. The maximum Gasteiger partial charge on any atom is 0.307 e. The number of aromatic nitrogens is 2. The number of benzene rings is 2. The number of rotatable bonds is 7. The molecule has 0 saturated heterocycles. The molecule has 0 radical (unpaired) electrons. The Balaban J connectivity index is 1.41. The maximum atomic E-state index is 13.0. The number of carbonyl (C=O) groups excluding carboxylic acids is 2. The molecular weight excluding hydrogens is 468 g/mol. The Morgan fingerprint density at radius 3 is 2.63 bits per heavy atom. The van der Waals surface area contributed by atoms with Gasteiger partial charge >= 0.3 is 5.97 Å². The van der Waals surface area contributed by atoms with E-state index in [9.17, 15) is 18.0 Å². The lowest BCUT2D eigenvalue weighted by Crippen LogP contribution is -2.43. The van der Waals surface area contributed by atoms with Gasteiger partial charge < -0.3 is 14.2 Å². The van der Waals surface area contributed by atoms with Crippen LogP contribution < -0.4 is 4.90 Å². The summed E-state index contributed by atoms with van der Waals surface area (Å²) in [6.45, 7) is 3.57. The van der Waals surface area contributed by atoms with Crippen LogP contribution in [0.3, 0.4) is 0 Å². The largest absolute Gasteiger partial charge is 0.453 e. The Kier molecular flexibility index (Phi) is 6.70. The molecule has 2 atom stereocenters. The molecule has 35 heavy (non-hydrogen) atoms. The molecule has 2 aromatic carbocycles. The van der Waals surface area contributed by atoms with Crippen LogP contribution in [-0.2, 0) is 44.2 Å². The minimum atomic E-state index is -3.58. The van der Waals surface area contributed by atoms with Crippen molar-refractivity contribution >= 4 is 38.6 Å². The number of esters is 1. The highest BCUT2D eigenvalue weighted by Gasteiger charge is 2.34. The van der Waals surface area contributed by atoms with Crippen molar-refractivity contribution in [2.24, 2.45) is 7.05 Å². The van der Waals surface area contributed by atoms with Gasteiger partial charge in [-0.3, -0.25) is 9.59 Å². The molecule has 4 rings (SSSR count). The molecule has 2 heterocycles. The van der Waals surface area contributed by atoms with Crippen molar-refractivity contribution in [1.29, 1.82) is 0 Å². The summed E-state index contributed by atoms with van der Waals surface area (Å²) in [5.74, 6) is -0.112. The number of ether oxygens (including phenoxy) is 1. The third-order valence-electron chi connectivity index (χ3n) is 6.38. The lowest BCUT2D eigenvalue weighted by Gasteiger charge is -2.25. The number of imidazole rings is 1. The quantitative estimate of drug-likeness (QED) is 0.464. The van der Waals surface area contributed by atoms with E-state index in [2.05, 4.69) is 4.98 Å². The molecule has 0 unspecified atom stereocenters. The molecule has 3 aromatic rings. The highest BCUT2D eigenvalue weighted by molar-refractivity contribution is 7.89. The van der Waals surface area contributed by atoms with Crippen LogP contribution in [0.25, 0.3) is 11.0 Å². The molecule has 186 valence electrons. The first kappa shape index (κ1) is 24.9. The number of sulfonamides is 1. The van der Waals surface area contributed by atoms with E-state index in [1.165, 1.54) is 20.2 Å². The molecule has 1 aliphatic heterocycles. The number of amides is 1. The van der Waals surface area contributed by atoms with Crippen LogP contribution in [0.1, 0.15) is 31.7 Å². The summed E-state index contributed by atoms with van der Waals surface area (Å²) < 4.78 is 33.3. The average molecular weight is 499 g/mol. The third-order valence-corrected chi connectivity index (χ3v) is 8.19. The molecule has 0 bridgehead atoms. The number of carbonyl (C=O) groups is 2. The summed E-state index contributed by atoms with van der Waals surface area (Å²) in [4.78, 5) is 32.0. The molecule has 0 fully saturated rings. The molecule has 1 aromatic heterocycles. The minimum Gasteiger partial charge on any atom is -0.453 e. The van der Waals surface area contributed by atoms with E-state index in [-0.39, 0.29) is 23.3 Å². The van der Waals surface area contributed by atoms with E-state index in [1.807, 2.05) is 42.8 Å². The van der Waals surface area contributed by atoms with Crippen molar-refractivity contribution in [2.45, 2.75) is 50.2 Å². The predicted octanol–water partition coefficient (Wildman–Crippen LogP) is 2.67. The number of anilines is 1. The number of hydrogen-bond acceptors (Lipinski definition) is 6. The lowest BCUT2D eigenvalue weighted by molar-refractivity contribution is -0.154. The second-order valence-electron chi connectivity index (χ2n) is 9.05. The van der Waals surface area contributed by atoms with Crippen LogP contribution in [0.15, 0.2) is 47.4 Å². The number of nitrogens with zero attached hydrogens (tertiary/aromatic N) is 4. The normalized spacial score (nSPS) is 16.5. The minimum absolute atomic E-state index is 0.00208. The van der Waals surface area contributed by atoms with Gasteiger partial charge in [-0.15, -0.1) is 0 Å². The summed E-state index contributed by atoms with van der Waals surface area (Å²) in [5, 5.41) is 0. The van der Waals surface area contributed by atoms with Crippen molar-refractivity contribution < 1.29 is 22.7 Å². The van der Waals surface area contributed by atoms with Crippen LogP contribution >= 0.6 is 0 Å². The summed E-state index contributed by atoms with van der Waals surface area (Å²) in [5.41, 5.74) is 3.26. The molecule has 9 nitrogen and oxygen atoms in total. The van der Waals surface area contributed by atoms with Crippen LogP contribution in [0, 0.1) is 0 Å². The third kappa shape index (κ3) is 4.68. The molecule has 0 aliphatic carbocycles. The van der Waals surface area contributed by atoms with E-state index in [0.717, 1.165) is 27.5 Å². The van der Waals surface area contributed by atoms with Crippen LogP contribution in [-0.4, -0.2) is 60.4 Å². The Bertz CT molecular complexity index is 1400.